The Bertz CT molecular complexity index is 104. The summed E-state index contributed by atoms with van der Waals surface area (Å²) < 4.78 is 0. The van der Waals surface area contributed by atoms with Crippen molar-refractivity contribution in [3.05, 3.63) is 0 Å². The zero-order valence-electron chi connectivity index (χ0n) is 6.83. The highest BCUT2D eigenvalue weighted by Gasteiger charge is 2.16. The third kappa shape index (κ3) is 3.45. The molecular weight excluding hydrogens is 158 g/mol. The molecule has 2 atom stereocenters. The van der Waals surface area contributed by atoms with Gasteiger partial charge in [-0.2, -0.15) is 11.8 Å². The van der Waals surface area contributed by atoms with Gasteiger partial charge >= 0.3 is 0 Å². The number of aliphatic hydroxyl groups is 1. The summed E-state index contributed by atoms with van der Waals surface area (Å²) in [6, 6.07) is 0.0127. The monoisotopic (exact) mass is 175 g/mol. The molecule has 0 radical (unpaired) electrons. The molecule has 3 N–H and O–H groups in total. The van der Waals surface area contributed by atoms with Crippen LogP contribution in [0.2, 0.25) is 0 Å². The average molecular weight is 175 g/mol. The van der Waals surface area contributed by atoms with Crippen LogP contribution in [-0.4, -0.2) is 29.3 Å². The van der Waals surface area contributed by atoms with Crippen molar-refractivity contribution in [2.45, 2.75) is 25.3 Å². The van der Waals surface area contributed by atoms with Gasteiger partial charge < -0.3 is 10.8 Å². The molecular formula is C8H17NOS. The van der Waals surface area contributed by atoms with E-state index < -0.39 is 0 Å². The second-order valence-corrected chi connectivity index (χ2v) is 4.41. The van der Waals surface area contributed by atoms with Gasteiger partial charge in [-0.1, -0.05) is 0 Å². The quantitative estimate of drug-likeness (QED) is 0.668. The van der Waals surface area contributed by atoms with Crippen molar-refractivity contribution in [3.8, 4) is 0 Å². The standard InChI is InChI=1S/C8H17NOS/c9-8(5-10)4-7-2-1-3-11-6-7/h7-8,10H,1-6,9H2. The highest BCUT2D eigenvalue weighted by molar-refractivity contribution is 7.99. The number of hydrogen-bond acceptors (Lipinski definition) is 3. The van der Waals surface area contributed by atoms with Crippen LogP contribution >= 0.6 is 11.8 Å². The molecule has 0 aliphatic carbocycles. The van der Waals surface area contributed by atoms with Crippen LogP contribution in [0.15, 0.2) is 0 Å². The maximum atomic E-state index is 8.73. The van der Waals surface area contributed by atoms with E-state index in [0.29, 0.717) is 0 Å². The molecule has 0 saturated carbocycles. The Morgan fingerprint density at radius 3 is 3.00 bits per heavy atom. The van der Waals surface area contributed by atoms with E-state index in [1.807, 2.05) is 11.8 Å². The molecule has 1 aliphatic rings. The van der Waals surface area contributed by atoms with E-state index in [1.165, 1.54) is 24.3 Å². The second-order valence-electron chi connectivity index (χ2n) is 3.26. The van der Waals surface area contributed by atoms with Crippen molar-refractivity contribution in [2.75, 3.05) is 18.1 Å². The van der Waals surface area contributed by atoms with Crippen molar-refractivity contribution < 1.29 is 5.11 Å². The van der Waals surface area contributed by atoms with E-state index in [2.05, 4.69) is 0 Å². The summed E-state index contributed by atoms with van der Waals surface area (Å²) in [5, 5.41) is 8.73. The molecule has 11 heavy (non-hydrogen) atoms. The van der Waals surface area contributed by atoms with Gasteiger partial charge in [0, 0.05) is 6.04 Å². The average Bonchev–Trinajstić information content (AvgIpc) is 2.06. The van der Waals surface area contributed by atoms with E-state index in [9.17, 15) is 0 Å². The normalized spacial score (nSPS) is 28.4. The summed E-state index contributed by atoms with van der Waals surface area (Å²) in [6.45, 7) is 0.140. The van der Waals surface area contributed by atoms with Gasteiger partial charge in [-0.05, 0) is 36.7 Å². The fraction of sp³-hybridized carbons (Fsp3) is 1.00. The maximum absolute atomic E-state index is 8.73. The minimum absolute atomic E-state index is 0.0127. The van der Waals surface area contributed by atoms with Crippen LogP contribution in [0.4, 0.5) is 0 Å². The van der Waals surface area contributed by atoms with Gasteiger partial charge in [0.25, 0.3) is 0 Å². The van der Waals surface area contributed by atoms with Crippen LogP contribution in [-0.2, 0) is 0 Å². The van der Waals surface area contributed by atoms with Crippen molar-refractivity contribution in [2.24, 2.45) is 11.7 Å². The molecule has 1 fully saturated rings. The highest BCUT2D eigenvalue weighted by atomic mass is 32.2. The van der Waals surface area contributed by atoms with E-state index >= 15 is 0 Å². The van der Waals surface area contributed by atoms with Gasteiger partial charge in [0.2, 0.25) is 0 Å². The Balaban J connectivity index is 2.13. The van der Waals surface area contributed by atoms with Crippen LogP contribution < -0.4 is 5.73 Å². The van der Waals surface area contributed by atoms with Crippen LogP contribution in [0.3, 0.4) is 0 Å². The second kappa shape index (κ2) is 5.01. The topological polar surface area (TPSA) is 46.2 Å². The molecule has 66 valence electrons. The molecule has 0 amide bonds. The summed E-state index contributed by atoms with van der Waals surface area (Å²) in [6.07, 6.45) is 3.64. The molecule has 1 aliphatic heterocycles. The lowest BCUT2D eigenvalue weighted by Gasteiger charge is -2.23. The minimum Gasteiger partial charge on any atom is -0.395 e. The Morgan fingerprint density at radius 1 is 1.64 bits per heavy atom. The van der Waals surface area contributed by atoms with Gasteiger partial charge in [-0.3, -0.25) is 0 Å². The zero-order chi connectivity index (χ0) is 8.10. The summed E-state index contributed by atoms with van der Waals surface area (Å²) in [4.78, 5) is 0. The van der Waals surface area contributed by atoms with Gasteiger partial charge in [0.1, 0.15) is 0 Å². The predicted molar refractivity (Wildman–Crippen MR) is 49.7 cm³/mol. The lowest BCUT2D eigenvalue weighted by molar-refractivity contribution is 0.245. The lowest BCUT2D eigenvalue weighted by Crippen LogP contribution is -2.29. The van der Waals surface area contributed by atoms with Crippen molar-refractivity contribution >= 4 is 11.8 Å². The maximum Gasteiger partial charge on any atom is 0.0582 e. The van der Waals surface area contributed by atoms with Gasteiger partial charge in [-0.25, -0.2) is 0 Å². The van der Waals surface area contributed by atoms with Gasteiger partial charge in [0.15, 0.2) is 0 Å². The van der Waals surface area contributed by atoms with E-state index in [4.69, 9.17) is 10.8 Å². The van der Waals surface area contributed by atoms with E-state index in [-0.39, 0.29) is 12.6 Å². The Hall–Kier alpha value is 0.270. The van der Waals surface area contributed by atoms with Crippen LogP contribution in [0.1, 0.15) is 19.3 Å². The number of aliphatic hydroxyl groups excluding tert-OH is 1. The number of hydrogen-bond donors (Lipinski definition) is 2. The first-order valence-electron chi connectivity index (χ1n) is 4.27. The number of rotatable bonds is 3. The fourth-order valence-corrected chi connectivity index (χ4v) is 2.67. The molecule has 0 aromatic carbocycles. The number of thioether (sulfide) groups is 1. The minimum atomic E-state index is 0.0127. The molecule has 2 nitrogen and oxygen atoms in total. The van der Waals surface area contributed by atoms with Gasteiger partial charge in [0.05, 0.1) is 6.61 Å². The third-order valence-corrected chi connectivity index (χ3v) is 3.41. The molecule has 1 saturated heterocycles. The summed E-state index contributed by atoms with van der Waals surface area (Å²) >= 11 is 2.02. The molecule has 0 aromatic rings. The molecule has 1 rings (SSSR count). The first kappa shape index (κ1) is 9.36. The van der Waals surface area contributed by atoms with Gasteiger partial charge in [-0.15, -0.1) is 0 Å². The summed E-state index contributed by atoms with van der Waals surface area (Å²) in [5.41, 5.74) is 5.64. The summed E-state index contributed by atoms with van der Waals surface area (Å²) in [7, 11) is 0. The molecule has 3 heteroatoms. The molecule has 0 aromatic heterocycles. The number of nitrogens with two attached hydrogens (primary N) is 1. The largest absolute Gasteiger partial charge is 0.395 e. The van der Waals surface area contributed by atoms with Crippen molar-refractivity contribution in [1.82, 2.24) is 0 Å². The smallest absolute Gasteiger partial charge is 0.0582 e. The first-order valence-corrected chi connectivity index (χ1v) is 5.42. The van der Waals surface area contributed by atoms with Crippen molar-refractivity contribution in [3.63, 3.8) is 0 Å². The molecule has 2 unspecified atom stereocenters. The SMILES string of the molecule is NC(CO)CC1CCCSC1. The van der Waals surface area contributed by atoms with E-state index in [0.717, 1.165) is 12.3 Å². The Labute approximate surface area is 72.5 Å². The Kier molecular flexibility index (Phi) is 4.26. The highest BCUT2D eigenvalue weighted by Crippen LogP contribution is 2.25. The molecule has 1 heterocycles. The zero-order valence-corrected chi connectivity index (χ0v) is 7.65. The third-order valence-electron chi connectivity index (χ3n) is 2.13. The first-order chi connectivity index (χ1) is 5.33. The molecule has 0 spiro atoms. The van der Waals surface area contributed by atoms with Crippen LogP contribution in [0.25, 0.3) is 0 Å². The van der Waals surface area contributed by atoms with Crippen LogP contribution in [0, 0.1) is 5.92 Å². The fourth-order valence-electron chi connectivity index (χ4n) is 1.50. The van der Waals surface area contributed by atoms with Crippen molar-refractivity contribution in [1.29, 1.82) is 0 Å². The molecule has 0 bridgehead atoms. The Morgan fingerprint density at radius 2 is 2.45 bits per heavy atom. The summed E-state index contributed by atoms with van der Waals surface area (Å²) in [5.74, 6) is 3.31. The predicted octanol–water partition coefficient (Wildman–Crippen LogP) is 0.839. The van der Waals surface area contributed by atoms with E-state index in [1.54, 1.807) is 0 Å². The van der Waals surface area contributed by atoms with Crippen LogP contribution in [0.5, 0.6) is 0 Å². The lowest BCUT2D eigenvalue weighted by atomic mass is 9.97.